The lowest BCUT2D eigenvalue weighted by Gasteiger charge is -2.25. The van der Waals surface area contributed by atoms with E-state index in [1.807, 2.05) is 0 Å². The molecule has 4 nitrogen and oxygen atoms in total. The van der Waals surface area contributed by atoms with Crippen LogP contribution in [0, 0.1) is 11.8 Å². The Labute approximate surface area is 107 Å². The molecule has 2 aliphatic rings. The van der Waals surface area contributed by atoms with Crippen molar-refractivity contribution in [2.24, 2.45) is 11.8 Å². The zero-order valence-corrected chi connectivity index (χ0v) is 11.0. The van der Waals surface area contributed by atoms with Gasteiger partial charge in [0.25, 0.3) is 0 Å². The molecule has 2 amide bonds. The van der Waals surface area contributed by atoms with Crippen LogP contribution in [0.3, 0.4) is 0 Å². The Hall–Kier alpha value is -0.710. The van der Waals surface area contributed by atoms with Crippen LogP contribution in [-0.2, 0) is 9.59 Å². The van der Waals surface area contributed by atoms with Gasteiger partial charge < -0.3 is 10.6 Å². The highest BCUT2D eigenvalue weighted by molar-refractivity contribution is 7.80. The minimum absolute atomic E-state index is 0.0900. The first-order valence-electron chi connectivity index (χ1n) is 6.28. The zero-order chi connectivity index (χ0) is 12.4. The lowest BCUT2D eigenvalue weighted by atomic mass is 9.95. The van der Waals surface area contributed by atoms with Gasteiger partial charge in [0.05, 0.1) is 0 Å². The molecule has 2 fully saturated rings. The molecule has 0 saturated heterocycles. The molecule has 0 heterocycles. The molecule has 0 aromatic carbocycles. The highest BCUT2D eigenvalue weighted by Gasteiger charge is 2.40. The van der Waals surface area contributed by atoms with Crippen molar-refractivity contribution in [2.45, 2.75) is 44.7 Å². The van der Waals surface area contributed by atoms with Gasteiger partial charge in [0.2, 0.25) is 11.8 Å². The van der Waals surface area contributed by atoms with Crippen LogP contribution in [0.5, 0.6) is 0 Å². The molecular weight excluding hydrogens is 236 g/mol. The monoisotopic (exact) mass is 256 g/mol. The predicted octanol–water partition coefficient (Wildman–Crippen LogP) is 0.726. The number of carbonyl (C=O) groups excluding carboxylic acids is 2. The Morgan fingerprint density at radius 2 is 2.12 bits per heavy atom. The number of rotatable bonds is 4. The van der Waals surface area contributed by atoms with Crippen molar-refractivity contribution in [2.75, 3.05) is 5.75 Å². The topological polar surface area (TPSA) is 58.2 Å². The fraction of sp³-hybridized carbons (Fsp3) is 0.833. The van der Waals surface area contributed by atoms with Gasteiger partial charge in [0.15, 0.2) is 0 Å². The van der Waals surface area contributed by atoms with E-state index in [4.69, 9.17) is 0 Å². The van der Waals surface area contributed by atoms with E-state index in [0.29, 0.717) is 17.7 Å². The minimum Gasteiger partial charge on any atom is -0.351 e. The first kappa shape index (κ1) is 12.7. The Morgan fingerprint density at radius 1 is 1.35 bits per heavy atom. The lowest BCUT2D eigenvalue weighted by molar-refractivity contribution is -0.128. The Kier molecular flexibility index (Phi) is 3.97. The van der Waals surface area contributed by atoms with Crippen LogP contribution in [0.15, 0.2) is 0 Å². The van der Waals surface area contributed by atoms with Crippen molar-refractivity contribution < 1.29 is 9.59 Å². The number of nitrogens with one attached hydrogen (secondary N) is 2. The number of hydrogen-bond donors (Lipinski definition) is 3. The number of amides is 2. The first-order chi connectivity index (χ1) is 8.10. The van der Waals surface area contributed by atoms with Gasteiger partial charge in [0.1, 0.15) is 6.04 Å². The predicted molar refractivity (Wildman–Crippen MR) is 68.8 cm³/mol. The van der Waals surface area contributed by atoms with Crippen LogP contribution < -0.4 is 10.6 Å². The molecule has 2 N–H and O–H groups in total. The average molecular weight is 256 g/mol. The molecular formula is C12H20N2O2S. The molecule has 17 heavy (non-hydrogen) atoms. The van der Waals surface area contributed by atoms with Crippen molar-refractivity contribution in [3.8, 4) is 0 Å². The second kappa shape index (κ2) is 5.29. The summed E-state index contributed by atoms with van der Waals surface area (Å²) in [5, 5.41) is 5.68. The largest absolute Gasteiger partial charge is 0.351 e. The SMILES string of the molecule is CC(=O)NC(CS)C(=O)NC1CC2CCC1C2. The van der Waals surface area contributed by atoms with E-state index in [1.54, 1.807) is 0 Å². The highest BCUT2D eigenvalue weighted by Crippen LogP contribution is 2.44. The van der Waals surface area contributed by atoms with E-state index in [1.165, 1.54) is 26.2 Å². The van der Waals surface area contributed by atoms with E-state index in [2.05, 4.69) is 23.3 Å². The number of carbonyl (C=O) groups is 2. The summed E-state index contributed by atoms with van der Waals surface area (Å²) in [6.45, 7) is 1.42. The van der Waals surface area contributed by atoms with Crippen molar-refractivity contribution in [3.05, 3.63) is 0 Å². The summed E-state index contributed by atoms with van der Waals surface area (Å²) < 4.78 is 0. The van der Waals surface area contributed by atoms with Gasteiger partial charge in [-0.15, -0.1) is 0 Å². The van der Waals surface area contributed by atoms with E-state index >= 15 is 0 Å². The molecule has 0 aromatic rings. The third kappa shape index (κ3) is 2.94. The summed E-state index contributed by atoms with van der Waals surface area (Å²) in [4.78, 5) is 22.9. The maximum atomic E-state index is 12.0. The molecule has 0 aromatic heterocycles. The molecule has 4 unspecified atom stereocenters. The standard InChI is InChI=1S/C12H20N2O2S/c1-7(15)13-11(6-17)12(16)14-10-5-8-2-3-9(10)4-8/h8-11,17H,2-6H2,1H3,(H,13,15)(H,14,16). The van der Waals surface area contributed by atoms with Crippen LogP contribution >= 0.6 is 12.6 Å². The Morgan fingerprint density at radius 3 is 2.59 bits per heavy atom. The maximum Gasteiger partial charge on any atom is 0.243 e. The van der Waals surface area contributed by atoms with Crippen LogP contribution in [0.1, 0.15) is 32.6 Å². The quantitative estimate of drug-likeness (QED) is 0.649. The van der Waals surface area contributed by atoms with Crippen molar-refractivity contribution in [1.29, 1.82) is 0 Å². The van der Waals surface area contributed by atoms with Crippen molar-refractivity contribution in [3.63, 3.8) is 0 Å². The first-order valence-corrected chi connectivity index (χ1v) is 6.91. The van der Waals surface area contributed by atoms with Gasteiger partial charge in [-0.2, -0.15) is 12.6 Å². The summed E-state index contributed by atoms with van der Waals surface area (Å²) >= 11 is 4.10. The van der Waals surface area contributed by atoms with Gasteiger partial charge in [-0.05, 0) is 31.1 Å². The smallest absolute Gasteiger partial charge is 0.243 e. The molecule has 2 bridgehead atoms. The molecule has 0 aliphatic heterocycles. The van der Waals surface area contributed by atoms with E-state index in [9.17, 15) is 9.59 Å². The van der Waals surface area contributed by atoms with Gasteiger partial charge >= 0.3 is 0 Å². The van der Waals surface area contributed by atoms with Gasteiger partial charge in [-0.25, -0.2) is 0 Å². The van der Waals surface area contributed by atoms with E-state index in [0.717, 1.165) is 12.3 Å². The van der Waals surface area contributed by atoms with Crippen LogP contribution in [0.25, 0.3) is 0 Å². The Bertz CT molecular complexity index is 322. The second-order valence-electron chi connectivity index (χ2n) is 5.23. The van der Waals surface area contributed by atoms with Crippen molar-refractivity contribution in [1.82, 2.24) is 10.6 Å². The van der Waals surface area contributed by atoms with Gasteiger partial charge in [0, 0.05) is 18.7 Å². The molecule has 5 heteroatoms. The van der Waals surface area contributed by atoms with Crippen LogP contribution in [0.2, 0.25) is 0 Å². The summed E-state index contributed by atoms with van der Waals surface area (Å²) in [5.41, 5.74) is 0. The lowest BCUT2D eigenvalue weighted by Crippen LogP contribution is -2.51. The molecule has 96 valence electrons. The summed E-state index contributed by atoms with van der Waals surface area (Å²) in [6, 6.07) is -0.188. The Balaban J connectivity index is 1.85. The van der Waals surface area contributed by atoms with Crippen LogP contribution in [0.4, 0.5) is 0 Å². The second-order valence-corrected chi connectivity index (χ2v) is 5.59. The highest BCUT2D eigenvalue weighted by atomic mass is 32.1. The molecule has 2 rings (SSSR count). The number of fused-ring (bicyclic) bond motifs is 2. The molecule has 0 radical (unpaired) electrons. The summed E-state index contributed by atoms with van der Waals surface area (Å²) in [5.74, 6) is 1.52. The third-order valence-corrected chi connectivity index (χ3v) is 4.31. The average Bonchev–Trinajstić information content (AvgIpc) is 2.87. The minimum atomic E-state index is -0.505. The zero-order valence-electron chi connectivity index (χ0n) is 10.1. The fourth-order valence-corrected chi connectivity index (χ4v) is 3.40. The summed E-state index contributed by atoms with van der Waals surface area (Å²) in [7, 11) is 0. The van der Waals surface area contributed by atoms with Gasteiger partial charge in [-0.3, -0.25) is 9.59 Å². The molecule has 2 aliphatic carbocycles. The van der Waals surface area contributed by atoms with Crippen molar-refractivity contribution >= 4 is 24.4 Å². The fourth-order valence-electron chi connectivity index (χ4n) is 3.14. The molecule has 4 atom stereocenters. The van der Waals surface area contributed by atoms with E-state index in [-0.39, 0.29) is 11.8 Å². The normalized spacial score (nSPS) is 32.2. The third-order valence-electron chi connectivity index (χ3n) is 3.94. The van der Waals surface area contributed by atoms with Crippen LogP contribution in [-0.4, -0.2) is 29.7 Å². The molecule has 0 spiro atoms. The molecule has 2 saturated carbocycles. The number of hydrogen-bond acceptors (Lipinski definition) is 3. The van der Waals surface area contributed by atoms with Gasteiger partial charge in [-0.1, -0.05) is 6.42 Å². The van der Waals surface area contributed by atoms with E-state index < -0.39 is 6.04 Å². The summed E-state index contributed by atoms with van der Waals surface area (Å²) in [6.07, 6.45) is 4.92. The maximum absolute atomic E-state index is 12.0. The number of thiol groups is 1.